The van der Waals surface area contributed by atoms with Crippen LogP contribution >= 0.6 is 11.8 Å². The standard InChI is InChI=1S/C14H16N2O4S/c1-20-12-4-8-9(5-11(12)18)15-13(21-2)10-3-7(17)6-16(10)14(8)19/h4-5,7,10,17-18H,3,6H2,1-2H3/t7?,10-/m0/s1. The molecule has 0 saturated carbocycles. The SMILES string of the molecule is COc1cc2c(cc1O)N=C(SC)[C@@H]1CC(O)CN1C2=O. The molecule has 1 saturated heterocycles. The Morgan fingerprint density at radius 3 is 2.90 bits per heavy atom. The molecule has 0 radical (unpaired) electrons. The van der Waals surface area contributed by atoms with Gasteiger partial charge in [-0.1, -0.05) is 0 Å². The van der Waals surface area contributed by atoms with Gasteiger partial charge in [-0.15, -0.1) is 11.8 Å². The number of aromatic hydroxyl groups is 1. The summed E-state index contributed by atoms with van der Waals surface area (Å²) in [6.07, 6.45) is 1.85. The van der Waals surface area contributed by atoms with Crippen molar-refractivity contribution in [3.05, 3.63) is 17.7 Å². The fraction of sp³-hybridized carbons (Fsp3) is 0.429. The maximum Gasteiger partial charge on any atom is 0.256 e. The van der Waals surface area contributed by atoms with Crippen molar-refractivity contribution < 1.29 is 19.7 Å². The van der Waals surface area contributed by atoms with Crippen LogP contribution < -0.4 is 4.74 Å². The van der Waals surface area contributed by atoms with Gasteiger partial charge in [0.25, 0.3) is 5.91 Å². The van der Waals surface area contributed by atoms with Crippen LogP contribution in [0, 0.1) is 0 Å². The summed E-state index contributed by atoms with van der Waals surface area (Å²) >= 11 is 1.45. The Morgan fingerprint density at radius 1 is 1.48 bits per heavy atom. The number of phenolic OH excluding ortho intramolecular Hbond substituents is 1. The predicted octanol–water partition coefficient (Wildman–Crippen LogP) is 1.38. The van der Waals surface area contributed by atoms with Crippen LogP contribution in [0.15, 0.2) is 17.1 Å². The Bertz CT molecular complexity index is 632. The minimum atomic E-state index is -0.531. The Labute approximate surface area is 126 Å². The topological polar surface area (TPSA) is 82.4 Å². The summed E-state index contributed by atoms with van der Waals surface area (Å²) in [5.74, 6) is -0.00538. The normalized spacial score (nSPS) is 24.2. The molecule has 1 aromatic rings. The molecule has 0 spiro atoms. The van der Waals surface area contributed by atoms with Gasteiger partial charge >= 0.3 is 0 Å². The van der Waals surface area contributed by atoms with Gasteiger partial charge in [0.05, 0.1) is 35.6 Å². The number of carbonyl (C=O) groups is 1. The maximum atomic E-state index is 12.7. The third kappa shape index (κ3) is 2.26. The number of aliphatic hydroxyl groups is 1. The maximum absolute atomic E-state index is 12.7. The van der Waals surface area contributed by atoms with Gasteiger partial charge in [0.15, 0.2) is 11.5 Å². The third-order valence-electron chi connectivity index (χ3n) is 3.79. The van der Waals surface area contributed by atoms with E-state index in [1.165, 1.54) is 31.0 Å². The van der Waals surface area contributed by atoms with E-state index in [1.54, 1.807) is 4.90 Å². The number of hydrogen-bond donors (Lipinski definition) is 2. The predicted molar refractivity (Wildman–Crippen MR) is 80.7 cm³/mol. The van der Waals surface area contributed by atoms with E-state index in [-0.39, 0.29) is 23.4 Å². The van der Waals surface area contributed by atoms with E-state index in [0.717, 1.165) is 5.04 Å². The highest BCUT2D eigenvalue weighted by atomic mass is 32.2. The van der Waals surface area contributed by atoms with Gasteiger partial charge < -0.3 is 19.8 Å². The quantitative estimate of drug-likeness (QED) is 0.819. The van der Waals surface area contributed by atoms with E-state index < -0.39 is 6.10 Å². The van der Waals surface area contributed by atoms with Gasteiger partial charge in [-0.25, -0.2) is 4.99 Å². The zero-order valence-electron chi connectivity index (χ0n) is 11.7. The zero-order chi connectivity index (χ0) is 15.1. The molecule has 0 bridgehead atoms. The summed E-state index contributed by atoms with van der Waals surface area (Å²) in [5, 5.41) is 20.5. The van der Waals surface area contributed by atoms with Crippen LogP contribution in [0.1, 0.15) is 16.8 Å². The van der Waals surface area contributed by atoms with E-state index in [9.17, 15) is 15.0 Å². The van der Waals surface area contributed by atoms with Gasteiger partial charge in [0.2, 0.25) is 0 Å². The molecule has 1 amide bonds. The highest BCUT2D eigenvalue weighted by Gasteiger charge is 2.40. The smallest absolute Gasteiger partial charge is 0.256 e. The fourth-order valence-corrected chi connectivity index (χ4v) is 3.47. The Kier molecular flexibility index (Phi) is 3.54. The molecule has 1 unspecified atom stereocenters. The number of methoxy groups -OCH3 is 1. The second-order valence-corrected chi connectivity index (χ2v) is 5.88. The van der Waals surface area contributed by atoms with E-state index in [2.05, 4.69) is 4.99 Å². The third-order valence-corrected chi connectivity index (χ3v) is 4.57. The molecule has 2 heterocycles. The molecule has 2 N–H and O–H groups in total. The number of fused-ring (bicyclic) bond motifs is 2. The number of carbonyl (C=O) groups excluding carboxylic acids is 1. The lowest BCUT2D eigenvalue weighted by Gasteiger charge is -2.22. The summed E-state index contributed by atoms with van der Waals surface area (Å²) in [6, 6.07) is 2.74. The minimum Gasteiger partial charge on any atom is -0.504 e. The van der Waals surface area contributed by atoms with Crippen LogP contribution in [0.3, 0.4) is 0 Å². The lowest BCUT2D eigenvalue weighted by atomic mass is 10.1. The molecular weight excluding hydrogens is 292 g/mol. The lowest BCUT2D eigenvalue weighted by molar-refractivity contribution is 0.0749. The van der Waals surface area contributed by atoms with Crippen LogP contribution in [-0.4, -0.2) is 58.1 Å². The van der Waals surface area contributed by atoms with E-state index in [1.807, 2.05) is 6.26 Å². The molecule has 0 aromatic heterocycles. The van der Waals surface area contributed by atoms with Gasteiger partial charge in [-0.05, 0) is 12.3 Å². The number of aliphatic imine (C=N–C) groups is 1. The van der Waals surface area contributed by atoms with Crippen LogP contribution in [0.5, 0.6) is 11.5 Å². The summed E-state index contributed by atoms with van der Waals surface area (Å²) in [7, 11) is 1.43. The summed E-state index contributed by atoms with van der Waals surface area (Å²) in [4.78, 5) is 18.9. The average molecular weight is 308 g/mol. The zero-order valence-corrected chi connectivity index (χ0v) is 12.6. The number of thioether (sulfide) groups is 1. The van der Waals surface area contributed by atoms with Crippen LogP contribution in [0.4, 0.5) is 5.69 Å². The Balaban J connectivity index is 2.16. The van der Waals surface area contributed by atoms with E-state index >= 15 is 0 Å². The van der Waals surface area contributed by atoms with E-state index in [4.69, 9.17) is 4.74 Å². The molecule has 1 fully saturated rings. The molecule has 2 atom stereocenters. The minimum absolute atomic E-state index is 0.0460. The summed E-state index contributed by atoms with van der Waals surface area (Å²) in [6.45, 7) is 0.297. The molecule has 112 valence electrons. The molecule has 0 aliphatic carbocycles. The lowest BCUT2D eigenvalue weighted by Crippen LogP contribution is -2.38. The van der Waals surface area contributed by atoms with Crippen molar-refractivity contribution >= 4 is 28.4 Å². The molecule has 7 heteroatoms. The van der Waals surface area contributed by atoms with Crippen molar-refractivity contribution in [2.24, 2.45) is 4.99 Å². The van der Waals surface area contributed by atoms with Crippen LogP contribution in [0.25, 0.3) is 0 Å². The van der Waals surface area contributed by atoms with Gasteiger partial charge in [0.1, 0.15) is 0 Å². The monoisotopic (exact) mass is 308 g/mol. The molecule has 6 nitrogen and oxygen atoms in total. The fourth-order valence-electron chi connectivity index (χ4n) is 2.79. The van der Waals surface area contributed by atoms with Crippen molar-refractivity contribution in [1.82, 2.24) is 4.90 Å². The summed E-state index contributed by atoms with van der Waals surface area (Å²) in [5.41, 5.74) is 0.819. The second kappa shape index (κ2) is 5.23. The Morgan fingerprint density at radius 2 is 2.24 bits per heavy atom. The first-order valence-corrected chi connectivity index (χ1v) is 7.80. The number of aliphatic hydroxyl groups excluding tert-OH is 1. The van der Waals surface area contributed by atoms with Crippen LogP contribution in [0.2, 0.25) is 0 Å². The van der Waals surface area contributed by atoms with E-state index in [0.29, 0.717) is 24.2 Å². The number of phenols is 1. The first-order chi connectivity index (χ1) is 10.0. The molecule has 2 aliphatic rings. The molecule has 2 aliphatic heterocycles. The first kappa shape index (κ1) is 14.2. The number of hydrogen-bond acceptors (Lipinski definition) is 6. The second-order valence-electron chi connectivity index (χ2n) is 5.06. The first-order valence-electron chi connectivity index (χ1n) is 6.57. The molecule has 21 heavy (non-hydrogen) atoms. The molecule has 3 rings (SSSR count). The number of benzene rings is 1. The largest absolute Gasteiger partial charge is 0.504 e. The van der Waals surface area contributed by atoms with Crippen molar-refractivity contribution in [2.45, 2.75) is 18.6 Å². The summed E-state index contributed by atoms with van der Waals surface area (Å²) < 4.78 is 5.06. The number of nitrogens with zero attached hydrogens (tertiary/aromatic N) is 2. The van der Waals surface area contributed by atoms with Gasteiger partial charge in [-0.2, -0.15) is 0 Å². The van der Waals surface area contributed by atoms with Gasteiger partial charge in [0, 0.05) is 19.0 Å². The number of ether oxygens (including phenoxy) is 1. The van der Waals surface area contributed by atoms with Crippen molar-refractivity contribution in [3.63, 3.8) is 0 Å². The molecule has 1 aromatic carbocycles. The van der Waals surface area contributed by atoms with Crippen molar-refractivity contribution in [1.29, 1.82) is 0 Å². The highest BCUT2D eigenvalue weighted by Crippen LogP contribution is 2.39. The van der Waals surface area contributed by atoms with Crippen molar-refractivity contribution in [3.8, 4) is 11.5 Å². The van der Waals surface area contributed by atoms with Gasteiger partial charge in [-0.3, -0.25) is 4.79 Å². The highest BCUT2D eigenvalue weighted by molar-refractivity contribution is 8.13. The van der Waals surface area contributed by atoms with Crippen molar-refractivity contribution in [2.75, 3.05) is 19.9 Å². The Hall–Kier alpha value is -1.73. The van der Waals surface area contributed by atoms with Crippen LogP contribution in [-0.2, 0) is 0 Å². The molecular formula is C14H16N2O4S. The average Bonchev–Trinajstić information content (AvgIpc) is 2.81. The number of amides is 1. The number of rotatable bonds is 1.